The van der Waals surface area contributed by atoms with Gasteiger partial charge in [-0.2, -0.15) is 0 Å². The number of rotatable bonds is 6. The minimum Gasteiger partial charge on any atom is -0.406 e. The first-order valence-electron chi connectivity index (χ1n) is 6.09. The Kier molecular flexibility index (Phi) is 8.12. The Morgan fingerprint density at radius 3 is 2.33 bits per heavy atom. The van der Waals surface area contributed by atoms with Gasteiger partial charge >= 0.3 is 6.36 Å². The van der Waals surface area contributed by atoms with Crippen molar-refractivity contribution in [3.63, 3.8) is 0 Å². The fraction of sp³-hybridized carbons (Fsp3) is 0.462. The van der Waals surface area contributed by atoms with Crippen molar-refractivity contribution in [2.45, 2.75) is 25.7 Å². The molecule has 0 radical (unpaired) electrons. The molecule has 0 saturated heterocycles. The molecule has 120 valence electrons. The lowest BCUT2D eigenvalue weighted by Crippen LogP contribution is -2.37. The van der Waals surface area contributed by atoms with Crippen LogP contribution in [-0.4, -0.2) is 31.9 Å². The molecule has 1 atom stereocenters. The predicted molar refractivity (Wildman–Crippen MR) is 75.6 cm³/mol. The third kappa shape index (κ3) is 8.41. The smallest absolute Gasteiger partial charge is 0.406 e. The van der Waals surface area contributed by atoms with Crippen LogP contribution in [0.1, 0.15) is 12.5 Å². The third-order valence-corrected chi connectivity index (χ3v) is 2.62. The molecule has 0 aliphatic heterocycles. The summed E-state index contributed by atoms with van der Waals surface area (Å²) in [5.41, 5.74) is 0.620. The molecule has 21 heavy (non-hydrogen) atoms. The highest BCUT2D eigenvalue weighted by Gasteiger charge is 2.30. The first-order chi connectivity index (χ1) is 9.30. The van der Waals surface area contributed by atoms with Crippen molar-refractivity contribution in [1.82, 2.24) is 10.6 Å². The van der Waals surface area contributed by atoms with Gasteiger partial charge in [-0.05, 0) is 31.7 Å². The van der Waals surface area contributed by atoms with Crippen molar-refractivity contribution in [2.24, 2.45) is 0 Å². The van der Waals surface area contributed by atoms with Gasteiger partial charge in [-0.1, -0.05) is 12.1 Å². The second-order valence-electron chi connectivity index (χ2n) is 4.36. The van der Waals surface area contributed by atoms with Crippen LogP contribution in [0.5, 0.6) is 5.75 Å². The molecular formula is C13H18ClF3N2O2. The molecule has 0 saturated carbocycles. The molecule has 1 amide bonds. The number of hydrogen-bond acceptors (Lipinski definition) is 3. The van der Waals surface area contributed by atoms with Crippen LogP contribution >= 0.6 is 12.4 Å². The van der Waals surface area contributed by atoms with Crippen molar-refractivity contribution < 1.29 is 22.7 Å². The van der Waals surface area contributed by atoms with Gasteiger partial charge in [0.2, 0.25) is 5.91 Å². The molecule has 0 heterocycles. The normalized spacial score (nSPS) is 12.2. The van der Waals surface area contributed by atoms with Gasteiger partial charge in [0.1, 0.15) is 5.75 Å². The summed E-state index contributed by atoms with van der Waals surface area (Å²) in [4.78, 5) is 11.6. The Labute approximate surface area is 127 Å². The fourth-order valence-corrected chi connectivity index (χ4v) is 1.43. The number of nitrogens with one attached hydrogen (secondary N) is 2. The molecule has 0 spiro atoms. The van der Waals surface area contributed by atoms with Crippen LogP contribution in [0.15, 0.2) is 24.3 Å². The van der Waals surface area contributed by atoms with Gasteiger partial charge in [-0.25, -0.2) is 0 Å². The lowest BCUT2D eigenvalue weighted by atomic mass is 10.1. The maximum Gasteiger partial charge on any atom is 0.573 e. The van der Waals surface area contributed by atoms with E-state index in [9.17, 15) is 18.0 Å². The van der Waals surface area contributed by atoms with E-state index in [0.717, 1.165) is 0 Å². The summed E-state index contributed by atoms with van der Waals surface area (Å²) < 4.78 is 39.7. The number of ether oxygens (including phenoxy) is 1. The molecule has 1 unspecified atom stereocenters. The van der Waals surface area contributed by atoms with Crippen molar-refractivity contribution >= 4 is 18.3 Å². The Balaban J connectivity index is 0.00000400. The van der Waals surface area contributed by atoms with Gasteiger partial charge in [0, 0.05) is 12.6 Å². The van der Waals surface area contributed by atoms with Gasteiger partial charge in [0.05, 0.1) is 6.42 Å². The summed E-state index contributed by atoms with van der Waals surface area (Å²) in [6.07, 6.45) is -4.59. The summed E-state index contributed by atoms with van der Waals surface area (Å²) in [6, 6.07) is 5.39. The number of likely N-dealkylation sites (N-methyl/N-ethyl adjacent to an activating group) is 1. The highest BCUT2D eigenvalue weighted by atomic mass is 35.5. The number of carbonyl (C=O) groups is 1. The van der Waals surface area contributed by atoms with Gasteiger partial charge in [0.25, 0.3) is 0 Å². The van der Waals surface area contributed by atoms with E-state index in [4.69, 9.17) is 0 Å². The molecular weight excluding hydrogens is 309 g/mol. The maximum absolute atomic E-state index is 12.0. The molecule has 1 rings (SSSR count). The number of benzene rings is 1. The van der Waals surface area contributed by atoms with E-state index in [1.165, 1.54) is 24.3 Å². The summed E-state index contributed by atoms with van der Waals surface area (Å²) in [7, 11) is 1.79. The van der Waals surface area contributed by atoms with E-state index in [2.05, 4.69) is 15.4 Å². The van der Waals surface area contributed by atoms with E-state index in [-0.39, 0.29) is 36.5 Å². The van der Waals surface area contributed by atoms with Gasteiger partial charge in [-0.15, -0.1) is 25.6 Å². The van der Waals surface area contributed by atoms with Gasteiger partial charge in [0.15, 0.2) is 0 Å². The lowest BCUT2D eigenvalue weighted by Gasteiger charge is -2.12. The monoisotopic (exact) mass is 326 g/mol. The van der Waals surface area contributed by atoms with Crippen LogP contribution < -0.4 is 15.4 Å². The van der Waals surface area contributed by atoms with Crippen LogP contribution in [0.2, 0.25) is 0 Å². The standard InChI is InChI=1S/C13H17F3N2O2.ClH/c1-9(17-2)8-18-12(19)7-10-3-5-11(6-4-10)20-13(14,15)16;/h3-6,9,17H,7-8H2,1-2H3,(H,18,19);1H. The Bertz CT molecular complexity index is 438. The molecule has 8 heteroatoms. The second kappa shape index (κ2) is 8.74. The molecule has 0 aliphatic rings. The molecule has 0 bridgehead atoms. The minimum atomic E-state index is -4.71. The van der Waals surface area contributed by atoms with Crippen molar-refractivity contribution in [1.29, 1.82) is 0 Å². The highest BCUT2D eigenvalue weighted by Crippen LogP contribution is 2.22. The van der Waals surface area contributed by atoms with E-state index < -0.39 is 6.36 Å². The fourth-order valence-electron chi connectivity index (χ4n) is 1.43. The Morgan fingerprint density at radius 2 is 1.86 bits per heavy atom. The van der Waals surface area contributed by atoms with E-state index in [0.29, 0.717) is 12.1 Å². The number of amides is 1. The summed E-state index contributed by atoms with van der Waals surface area (Å²) in [5, 5.41) is 5.70. The van der Waals surface area contributed by atoms with E-state index in [1.54, 1.807) is 7.05 Å². The van der Waals surface area contributed by atoms with Crippen molar-refractivity contribution in [3.8, 4) is 5.75 Å². The van der Waals surface area contributed by atoms with Crippen LogP contribution in [0, 0.1) is 0 Å². The van der Waals surface area contributed by atoms with E-state index in [1.807, 2.05) is 6.92 Å². The summed E-state index contributed by atoms with van der Waals surface area (Å²) in [6.45, 7) is 2.41. The molecule has 1 aromatic rings. The summed E-state index contributed by atoms with van der Waals surface area (Å²) in [5.74, 6) is -0.484. The zero-order valence-corrected chi connectivity index (χ0v) is 12.5. The zero-order chi connectivity index (χ0) is 15.2. The van der Waals surface area contributed by atoms with Gasteiger partial charge < -0.3 is 15.4 Å². The summed E-state index contributed by atoms with van der Waals surface area (Å²) >= 11 is 0. The highest BCUT2D eigenvalue weighted by molar-refractivity contribution is 5.85. The maximum atomic E-state index is 12.0. The van der Waals surface area contributed by atoms with E-state index >= 15 is 0 Å². The average Bonchev–Trinajstić information content (AvgIpc) is 2.36. The first-order valence-corrected chi connectivity index (χ1v) is 6.09. The number of hydrogen-bond donors (Lipinski definition) is 2. The quantitative estimate of drug-likeness (QED) is 0.843. The minimum absolute atomic E-state index is 0. The number of carbonyl (C=O) groups excluding carboxylic acids is 1. The Morgan fingerprint density at radius 1 is 1.29 bits per heavy atom. The third-order valence-electron chi connectivity index (χ3n) is 2.62. The molecule has 4 nitrogen and oxygen atoms in total. The molecule has 1 aromatic carbocycles. The Hall–Kier alpha value is -1.47. The van der Waals surface area contributed by atoms with Crippen molar-refractivity contribution in [2.75, 3.05) is 13.6 Å². The zero-order valence-electron chi connectivity index (χ0n) is 11.7. The second-order valence-corrected chi connectivity index (χ2v) is 4.36. The lowest BCUT2D eigenvalue weighted by molar-refractivity contribution is -0.274. The molecule has 0 aromatic heterocycles. The topological polar surface area (TPSA) is 50.4 Å². The predicted octanol–water partition coefficient (Wildman–Crippen LogP) is 2.27. The molecule has 2 N–H and O–H groups in total. The molecule has 0 fully saturated rings. The molecule has 0 aliphatic carbocycles. The largest absolute Gasteiger partial charge is 0.573 e. The van der Waals surface area contributed by atoms with Crippen LogP contribution in [0.3, 0.4) is 0 Å². The number of halogens is 4. The number of alkyl halides is 3. The van der Waals surface area contributed by atoms with Crippen LogP contribution in [-0.2, 0) is 11.2 Å². The first kappa shape index (κ1) is 19.5. The SMILES string of the molecule is CNC(C)CNC(=O)Cc1ccc(OC(F)(F)F)cc1.Cl. The van der Waals surface area contributed by atoms with Crippen LogP contribution in [0.4, 0.5) is 13.2 Å². The van der Waals surface area contributed by atoms with Crippen LogP contribution in [0.25, 0.3) is 0 Å². The van der Waals surface area contributed by atoms with Gasteiger partial charge in [-0.3, -0.25) is 4.79 Å². The van der Waals surface area contributed by atoms with Crippen molar-refractivity contribution in [3.05, 3.63) is 29.8 Å². The average molecular weight is 327 g/mol.